The molecule has 0 heterocycles. The van der Waals surface area contributed by atoms with Crippen LogP contribution in [0.1, 0.15) is 40.5 Å². The summed E-state index contributed by atoms with van der Waals surface area (Å²) in [5, 5.41) is 0. The van der Waals surface area contributed by atoms with Gasteiger partial charge in [-0.05, 0) is 24.7 Å². The first-order chi connectivity index (χ1) is 5.56. The van der Waals surface area contributed by atoms with Crippen LogP contribution in [-0.2, 0) is 4.43 Å². The van der Waals surface area contributed by atoms with E-state index in [-0.39, 0.29) is 0 Å². The number of hydrogen-bond donors (Lipinski definition) is 0. The zero-order chi connectivity index (χ0) is 9.56. The molecule has 0 unspecified atom stereocenters. The average molecular weight is 209 g/mol. The van der Waals surface area contributed by atoms with Gasteiger partial charge >= 0.3 is 0 Å². The van der Waals surface area contributed by atoms with Crippen molar-refractivity contribution >= 4 is 20.2 Å². The van der Waals surface area contributed by atoms with Gasteiger partial charge in [0.1, 0.15) is 0 Å². The fourth-order valence-corrected chi connectivity index (χ4v) is 2.36. The summed E-state index contributed by atoms with van der Waals surface area (Å²) in [6, 6.07) is 0. The molecule has 0 amide bonds. The molecule has 0 saturated carbocycles. The third-order valence-corrected chi connectivity index (χ3v) is 2.74. The minimum absolute atomic E-state index is 0.411. The Kier molecular flexibility index (Phi) is 7.20. The van der Waals surface area contributed by atoms with Gasteiger partial charge in [0.2, 0.25) is 0 Å². The Morgan fingerprint density at radius 3 is 1.75 bits per heavy atom. The number of hydrogen-bond acceptors (Lipinski definition) is 1. The van der Waals surface area contributed by atoms with E-state index in [4.69, 9.17) is 15.5 Å². The van der Waals surface area contributed by atoms with Crippen LogP contribution in [0.3, 0.4) is 0 Å². The lowest BCUT2D eigenvalue weighted by atomic mass is 9.98. The summed E-state index contributed by atoms with van der Waals surface area (Å²) in [7, 11) is -0.747. The zero-order valence-corrected chi connectivity index (χ0v) is 10.8. The van der Waals surface area contributed by atoms with E-state index < -0.39 is 9.07 Å². The first-order valence-corrected chi connectivity index (χ1v) is 7.45. The quantitative estimate of drug-likeness (QED) is 0.482. The second kappa shape index (κ2) is 6.93. The summed E-state index contributed by atoms with van der Waals surface area (Å²) >= 11 is 5.68. The van der Waals surface area contributed by atoms with Crippen LogP contribution in [0, 0.1) is 11.8 Å². The van der Waals surface area contributed by atoms with Crippen LogP contribution in [0.4, 0.5) is 0 Å². The number of rotatable bonds is 6. The lowest BCUT2D eigenvalue weighted by Crippen LogP contribution is -2.18. The summed E-state index contributed by atoms with van der Waals surface area (Å²) in [5.74, 6) is 1.43. The van der Waals surface area contributed by atoms with Crippen LogP contribution in [0.5, 0.6) is 0 Å². The SMILES string of the molecule is CC(C)CC(CC(C)C)O[SiH2]Cl. The fourth-order valence-electron chi connectivity index (χ4n) is 1.37. The van der Waals surface area contributed by atoms with Crippen LogP contribution in [-0.4, -0.2) is 15.2 Å². The Balaban J connectivity index is 3.69. The highest BCUT2D eigenvalue weighted by atomic mass is 35.6. The van der Waals surface area contributed by atoms with Crippen molar-refractivity contribution in [3.05, 3.63) is 0 Å². The average Bonchev–Trinajstić information content (AvgIpc) is 1.84. The molecule has 0 N–H and O–H groups in total. The summed E-state index contributed by atoms with van der Waals surface area (Å²) in [6.45, 7) is 8.91. The van der Waals surface area contributed by atoms with Gasteiger partial charge < -0.3 is 4.43 Å². The molecular weight excluding hydrogens is 188 g/mol. The molecule has 0 aromatic rings. The first kappa shape index (κ1) is 12.5. The molecule has 0 bridgehead atoms. The zero-order valence-electron chi connectivity index (χ0n) is 8.64. The van der Waals surface area contributed by atoms with Gasteiger partial charge in [-0.15, -0.1) is 11.1 Å². The van der Waals surface area contributed by atoms with E-state index in [2.05, 4.69) is 27.7 Å². The maximum atomic E-state index is 5.68. The molecule has 0 aliphatic carbocycles. The van der Waals surface area contributed by atoms with E-state index in [1.807, 2.05) is 0 Å². The highest BCUT2D eigenvalue weighted by Gasteiger charge is 2.12. The van der Waals surface area contributed by atoms with E-state index >= 15 is 0 Å². The van der Waals surface area contributed by atoms with Gasteiger partial charge in [-0.2, -0.15) is 0 Å². The molecule has 0 aliphatic heterocycles. The predicted molar refractivity (Wildman–Crippen MR) is 58.2 cm³/mol. The minimum Gasteiger partial charge on any atom is -0.405 e. The van der Waals surface area contributed by atoms with Crippen molar-refractivity contribution < 1.29 is 4.43 Å². The molecule has 0 radical (unpaired) electrons. The van der Waals surface area contributed by atoms with Crippen LogP contribution in [0.2, 0.25) is 0 Å². The Bertz CT molecular complexity index is 96.7. The maximum absolute atomic E-state index is 5.68. The van der Waals surface area contributed by atoms with Gasteiger partial charge in [0, 0.05) is 6.10 Å². The Hall–Kier alpha value is 0.467. The van der Waals surface area contributed by atoms with E-state index in [1.54, 1.807) is 0 Å². The van der Waals surface area contributed by atoms with Crippen molar-refractivity contribution in [2.75, 3.05) is 0 Å². The highest BCUT2D eigenvalue weighted by molar-refractivity contribution is 6.89. The molecule has 74 valence electrons. The molecule has 0 aromatic heterocycles. The molecule has 3 heteroatoms. The normalized spacial score (nSPS) is 13.0. The molecular formula is C9H21ClOSi. The number of halogens is 1. The largest absolute Gasteiger partial charge is 0.405 e. The second-order valence-electron chi connectivity index (χ2n) is 4.16. The van der Waals surface area contributed by atoms with E-state index in [0.29, 0.717) is 17.9 Å². The molecule has 1 nitrogen and oxygen atoms in total. The van der Waals surface area contributed by atoms with E-state index in [1.165, 1.54) is 0 Å². The smallest absolute Gasteiger partial charge is 0.258 e. The summed E-state index contributed by atoms with van der Waals surface area (Å²) in [6.07, 6.45) is 2.71. The van der Waals surface area contributed by atoms with Crippen molar-refractivity contribution in [1.82, 2.24) is 0 Å². The Labute approximate surface area is 83.5 Å². The van der Waals surface area contributed by atoms with Crippen molar-refractivity contribution in [3.8, 4) is 0 Å². The van der Waals surface area contributed by atoms with Crippen molar-refractivity contribution in [3.63, 3.8) is 0 Å². The third kappa shape index (κ3) is 7.13. The van der Waals surface area contributed by atoms with E-state index in [0.717, 1.165) is 12.8 Å². The molecule has 0 fully saturated rings. The molecule has 12 heavy (non-hydrogen) atoms. The van der Waals surface area contributed by atoms with Gasteiger partial charge in [-0.25, -0.2) is 0 Å². The first-order valence-electron chi connectivity index (χ1n) is 4.73. The highest BCUT2D eigenvalue weighted by Crippen LogP contribution is 2.16. The fraction of sp³-hybridized carbons (Fsp3) is 1.00. The van der Waals surface area contributed by atoms with Gasteiger partial charge in [-0.1, -0.05) is 27.7 Å². The van der Waals surface area contributed by atoms with Crippen LogP contribution < -0.4 is 0 Å². The van der Waals surface area contributed by atoms with Gasteiger partial charge in [0.05, 0.1) is 0 Å². The van der Waals surface area contributed by atoms with Gasteiger partial charge in [0.15, 0.2) is 0 Å². The second-order valence-corrected chi connectivity index (χ2v) is 5.36. The van der Waals surface area contributed by atoms with E-state index in [9.17, 15) is 0 Å². The van der Waals surface area contributed by atoms with Gasteiger partial charge in [0.25, 0.3) is 9.07 Å². The monoisotopic (exact) mass is 208 g/mol. The van der Waals surface area contributed by atoms with Crippen LogP contribution >= 0.6 is 11.1 Å². The Morgan fingerprint density at radius 2 is 1.50 bits per heavy atom. The Morgan fingerprint density at radius 1 is 1.08 bits per heavy atom. The lowest BCUT2D eigenvalue weighted by Gasteiger charge is -2.20. The van der Waals surface area contributed by atoms with Crippen LogP contribution in [0.25, 0.3) is 0 Å². The van der Waals surface area contributed by atoms with Crippen molar-refractivity contribution in [1.29, 1.82) is 0 Å². The standard InChI is InChI=1S/C9H21ClOSi/c1-7(2)5-9(11-12-10)6-8(3)4/h7-9H,5-6,12H2,1-4H3. The molecule has 0 rings (SSSR count). The van der Waals surface area contributed by atoms with Crippen LogP contribution in [0.15, 0.2) is 0 Å². The summed E-state index contributed by atoms with van der Waals surface area (Å²) in [5.41, 5.74) is 0. The van der Waals surface area contributed by atoms with Gasteiger partial charge in [-0.3, -0.25) is 0 Å². The molecule has 0 aromatic carbocycles. The topological polar surface area (TPSA) is 9.23 Å². The third-order valence-electron chi connectivity index (χ3n) is 1.77. The predicted octanol–water partition coefficient (Wildman–Crippen LogP) is 2.70. The molecule has 0 spiro atoms. The lowest BCUT2D eigenvalue weighted by molar-refractivity contribution is 0.161. The summed E-state index contributed by atoms with van der Waals surface area (Å²) < 4.78 is 5.57. The molecule has 0 saturated heterocycles. The van der Waals surface area contributed by atoms with Crippen molar-refractivity contribution in [2.45, 2.75) is 46.6 Å². The maximum Gasteiger partial charge on any atom is 0.258 e. The molecule has 0 aliphatic rings. The molecule has 0 atom stereocenters. The van der Waals surface area contributed by atoms with Crippen molar-refractivity contribution in [2.24, 2.45) is 11.8 Å². The summed E-state index contributed by atoms with van der Waals surface area (Å²) in [4.78, 5) is 0. The minimum atomic E-state index is -0.747.